The SMILES string of the molecule is CSN1CCC(NC2NCC3CCCC(N4CC5(C4)CC(C)(C)C5)C3N2)CC1. The molecule has 0 aromatic heterocycles. The molecule has 3 saturated heterocycles. The molecule has 0 aromatic rings. The summed E-state index contributed by atoms with van der Waals surface area (Å²) in [6.07, 6.45) is 12.1. The zero-order chi connectivity index (χ0) is 19.4. The van der Waals surface area contributed by atoms with Crippen molar-refractivity contribution in [3.63, 3.8) is 0 Å². The van der Waals surface area contributed by atoms with Crippen molar-refractivity contribution in [2.24, 2.45) is 16.7 Å². The quantitative estimate of drug-likeness (QED) is 0.622. The molecule has 4 atom stereocenters. The van der Waals surface area contributed by atoms with Crippen LogP contribution in [0.15, 0.2) is 0 Å². The van der Waals surface area contributed by atoms with E-state index in [0.717, 1.165) is 12.0 Å². The van der Waals surface area contributed by atoms with Crippen LogP contribution in [0.4, 0.5) is 0 Å². The van der Waals surface area contributed by atoms with Crippen LogP contribution in [0.2, 0.25) is 0 Å². The predicted molar refractivity (Wildman–Crippen MR) is 118 cm³/mol. The minimum absolute atomic E-state index is 0.297. The summed E-state index contributed by atoms with van der Waals surface area (Å²) in [5.41, 5.74) is 1.29. The number of nitrogens with one attached hydrogen (secondary N) is 3. The summed E-state index contributed by atoms with van der Waals surface area (Å²) in [6.45, 7) is 11.2. The summed E-state index contributed by atoms with van der Waals surface area (Å²) in [5, 5.41) is 11.7. The second-order valence-electron chi connectivity index (χ2n) is 11.3. The lowest BCUT2D eigenvalue weighted by Gasteiger charge is -2.66. The van der Waals surface area contributed by atoms with E-state index in [0.29, 0.717) is 29.2 Å². The van der Waals surface area contributed by atoms with E-state index in [2.05, 4.69) is 45.3 Å². The van der Waals surface area contributed by atoms with Gasteiger partial charge in [-0.1, -0.05) is 32.2 Å². The first-order chi connectivity index (χ1) is 13.5. The maximum Gasteiger partial charge on any atom is 0.112 e. The van der Waals surface area contributed by atoms with Crippen molar-refractivity contribution in [1.82, 2.24) is 25.2 Å². The molecule has 0 aromatic carbocycles. The molecular weight excluding hydrogens is 366 g/mol. The van der Waals surface area contributed by atoms with Crippen LogP contribution < -0.4 is 16.0 Å². The molecule has 160 valence electrons. The molecular formula is C22H41N5S. The normalized spacial score (nSPS) is 41.2. The van der Waals surface area contributed by atoms with Crippen LogP contribution in [-0.4, -0.2) is 72.6 Å². The number of fused-ring (bicyclic) bond motifs is 1. The fourth-order valence-corrected chi connectivity index (χ4v) is 8.04. The van der Waals surface area contributed by atoms with Gasteiger partial charge >= 0.3 is 0 Å². The molecule has 0 radical (unpaired) electrons. The molecule has 3 N–H and O–H groups in total. The third-order valence-electron chi connectivity index (χ3n) is 8.31. The fraction of sp³-hybridized carbons (Fsp3) is 1.00. The zero-order valence-corrected chi connectivity index (χ0v) is 19.0. The van der Waals surface area contributed by atoms with Crippen LogP contribution in [0.1, 0.15) is 58.8 Å². The van der Waals surface area contributed by atoms with E-state index >= 15 is 0 Å². The minimum Gasteiger partial charge on any atom is -0.298 e. The minimum atomic E-state index is 0.297. The first-order valence-electron chi connectivity index (χ1n) is 11.7. The lowest BCUT2D eigenvalue weighted by molar-refractivity contribution is -0.155. The van der Waals surface area contributed by atoms with Gasteiger partial charge in [0.15, 0.2) is 0 Å². The van der Waals surface area contributed by atoms with Crippen molar-refractivity contribution < 1.29 is 0 Å². The molecule has 2 aliphatic carbocycles. The maximum absolute atomic E-state index is 4.02. The number of piperidine rings is 1. The summed E-state index contributed by atoms with van der Waals surface area (Å²) >= 11 is 1.90. The van der Waals surface area contributed by atoms with Gasteiger partial charge in [0.1, 0.15) is 6.29 Å². The molecule has 5 aliphatic rings. The molecule has 4 unspecified atom stereocenters. The van der Waals surface area contributed by atoms with Crippen LogP contribution in [0.3, 0.4) is 0 Å². The average Bonchev–Trinajstić information content (AvgIpc) is 2.64. The Morgan fingerprint density at radius 1 is 1.04 bits per heavy atom. The molecule has 6 heteroatoms. The van der Waals surface area contributed by atoms with Gasteiger partial charge < -0.3 is 0 Å². The van der Waals surface area contributed by atoms with Gasteiger partial charge in [-0.2, -0.15) is 0 Å². The first kappa shape index (κ1) is 20.1. The van der Waals surface area contributed by atoms with Crippen LogP contribution in [-0.2, 0) is 0 Å². The lowest BCUT2D eigenvalue weighted by Crippen LogP contribution is -2.74. The van der Waals surface area contributed by atoms with Gasteiger partial charge in [-0.05, 0) is 61.5 Å². The third-order valence-corrected chi connectivity index (χ3v) is 9.19. The Kier molecular flexibility index (Phi) is 5.51. The van der Waals surface area contributed by atoms with Crippen LogP contribution in [0.5, 0.6) is 0 Å². The Bertz CT molecular complexity index is 545. The number of likely N-dealkylation sites (tertiary alicyclic amines) is 1. The zero-order valence-electron chi connectivity index (χ0n) is 18.2. The maximum atomic E-state index is 4.02. The number of hydrogen-bond acceptors (Lipinski definition) is 6. The van der Waals surface area contributed by atoms with Gasteiger partial charge in [-0.15, -0.1) is 0 Å². The molecule has 5 rings (SSSR count). The van der Waals surface area contributed by atoms with Crippen molar-refractivity contribution in [2.45, 2.75) is 83.2 Å². The highest BCUT2D eigenvalue weighted by Gasteiger charge is 2.58. The number of nitrogens with zero attached hydrogens (tertiary/aromatic N) is 2. The number of hydrogen-bond donors (Lipinski definition) is 3. The first-order valence-corrected chi connectivity index (χ1v) is 12.9. The van der Waals surface area contributed by atoms with Gasteiger partial charge in [0.25, 0.3) is 0 Å². The van der Waals surface area contributed by atoms with E-state index < -0.39 is 0 Å². The molecule has 3 heterocycles. The van der Waals surface area contributed by atoms with Crippen molar-refractivity contribution in [2.75, 3.05) is 39.0 Å². The van der Waals surface area contributed by atoms with Crippen molar-refractivity contribution in [3.05, 3.63) is 0 Å². The lowest BCUT2D eigenvalue weighted by atomic mass is 9.51. The second kappa shape index (κ2) is 7.69. The molecule has 3 aliphatic heterocycles. The average molecular weight is 408 g/mol. The molecule has 5 fully saturated rings. The van der Waals surface area contributed by atoms with E-state index in [4.69, 9.17) is 0 Å². The van der Waals surface area contributed by atoms with Crippen LogP contribution in [0.25, 0.3) is 0 Å². The molecule has 0 amide bonds. The Balaban J connectivity index is 1.15. The number of rotatable bonds is 4. The summed E-state index contributed by atoms with van der Waals surface area (Å²) in [5.74, 6) is 0.810. The Labute approximate surface area is 176 Å². The van der Waals surface area contributed by atoms with Crippen LogP contribution >= 0.6 is 11.9 Å². The largest absolute Gasteiger partial charge is 0.298 e. The van der Waals surface area contributed by atoms with Crippen molar-refractivity contribution in [3.8, 4) is 0 Å². The topological polar surface area (TPSA) is 42.6 Å². The smallest absolute Gasteiger partial charge is 0.112 e. The highest BCUT2D eigenvalue weighted by atomic mass is 32.2. The van der Waals surface area contributed by atoms with Crippen LogP contribution in [0, 0.1) is 16.7 Å². The third kappa shape index (κ3) is 3.90. The molecule has 0 bridgehead atoms. The second-order valence-corrected chi connectivity index (χ2v) is 12.1. The summed E-state index contributed by atoms with van der Waals surface area (Å²) in [4.78, 5) is 2.85. The van der Waals surface area contributed by atoms with Gasteiger partial charge in [0.2, 0.25) is 0 Å². The van der Waals surface area contributed by atoms with E-state index in [1.807, 2.05) is 11.9 Å². The summed E-state index contributed by atoms with van der Waals surface area (Å²) in [6, 6.07) is 2.08. The Morgan fingerprint density at radius 3 is 2.46 bits per heavy atom. The summed E-state index contributed by atoms with van der Waals surface area (Å²) < 4.78 is 2.49. The van der Waals surface area contributed by atoms with E-state index in [-0.39, 0.29) is 0 Å². The highest BCUT2D eigenvalue weighted by molar-refractivity contribution is 7.96. The monoisotopic (exact) mass is 407 g/mol. The van der Waals surface area contributed by atoms with Gasteiger partial charge in [-0.25, -0.2) is 0 Å². The standard InChI is InChI=1S/C22H41N5S/c1-21(2)12-22(13-21)14-26(15-22)18-6-4-5-16-11-23-20(25-19(16)18)24-17-7-9-27(28-3)10-8-17/h16-20,23-25H,4-15H2,1-3H3. The van der Waals surface area contributed by atoms with Crippen molar-refractivity contribution >= 4 is 11.9 Å². The van der Waals surface area contributed by atoms with Gasteiger partial charge in [0.05, 0.1) is 0 Å². The summed E-state index contributed by atoms with van der Waals surface area (Å²) in [7, 11) is 0. The predicted octanol–water partition coefficient (Wildman–Crippen LogP) is 2.45. The molecule has 5 nitrogen and oxygen atoms in total. The Hall–Kier alpha value is 0.150. The highest BCUT2D eigenvalue weighted by Crippen LogP contribution is 2.59. The van der Waals surface area contributed by atoms with E-state index in [1.165, 1.54) is 77.7 Å². The van der Waals surface area contributed by atoms with Gasteiger partial charge in [0, 0.05) is 50.8 Å². The fourth-order valence-electron chi connectivity index (χ4n) is 7.47. The van der Waals surface area contributed by atoms with E-state index in [1.54, 1.807) is 0 Å². The van der Waals surface area contributed by atoms with E-state index in [9.17, 15) is 0 Å². The molecule has 2 saturated carbocycles. The van der Waals surface area contributed by atoms with Gasteiger partial charge in [-0.3, -0.25) is 25.2 Å². The van der Waals surface area contributed by atoms with Crippen molar-refractivity contribution in [1.29, 1.82) is 0 Å². The Morgan fingerprint density at radius 2 is 1.79 bits per heavy atom. The molecule has 1 spiro atoms. The molecule has 28 heavy (non-hydrogen) atoms.